The van der Waals surface area contributed by atoms with E-state index in [1.165, 1.54) is 44.5 Å². The Hall–Kier alpha value is -4.89. The first-order valence-corrected chi connectivity index (χ1v) is 12.1. The Morgan fingerprint density at radius 1 is 0.472 bits per heavy atom. The van der Waals surface area contributed by atoms with Crippen molar-refractivity contribution in [2.24, 2.45) is 0 Å². The first-order valence-electron chi connectivity index (χ1n) is 12.1. The zero-order valence-electron chi connectivity index (χ0n) is 19.3. The van der Waals surface area contributed by atoms with Crippen molar-refractivity contribution in [3.8, 4) is 50.2 Å². The molecule has 0 unspecified atom stereocenters. The number of pyridine rings is 1. The zero-order chi connectivity index (χ0) is 23.6. The summed E-state index contributed by atoms with van der Waals surface area (Å²) in [6, 6.07) is 36.5. The summed E-state index contributed by atoms with van der Waals surface area (Å²) in [4.78, 5) is 4.45. The van der Waals surface area contributed by atoms with E-state index < -0.39 is 0 Å². The van der Waals surface area contributed by atoms with Gasteiger partial charge >= 0.3 is 0 Å². The van der Waals surface area contributed by atoms with Gasteiger partial charge in [0.1, 0.15) is 0 Å². The van der Waals surface area contributed by atoms with Crippen LogP contribution in [0.4, 0.5) is 0 Å². The van der Waals surface area contributed by atoms with Gasteiger partial charge in [-0.1, -0.05) is 84.9 Å². The zero-order valence-corrected chi connectivity index (χ0v) is 19.3. The highest BCUT2D eigenvalue weighted by Crippen LogP contribution is 2.48. The third-order valence-corrected chi connectivity index (χ3v) is 7.30. The van der Waals surface area contributed by atoms with Gasteiger partial charge in [0.15, 0.2) is 5.58 Å². The van der Waals surface area contributed by atoms with Crippen LogP contribution in [0.3, 0.4) is 0 Å². The van der Waals surface area contributed by atoms with Gasteiger partial charge in [0.2, 0.25) is 5.71 Å². The summed E-state index contributed by atoms with van der Waals surface area (Å²) in [5.41, 5.74) is 12.4. The second-order valence-electron chi connectivity index (χ2n) is 9.24. The number of benzene rings is 4. The van der Waals surface area contributed by atoms with Crippen molar-refractivity contribution in [2.75, 3.05) is 0 Å². The Morgan fingerprint density at radius 2 is 0.972 bits per heavy atom. The molecule has 8 rings (SSSR count). The van der Waals surface area contributed by atoms with E-state index in [1.807, 2.05) is 6.07 Å². The highest BCUT2D eigenvalue weighted by atomic mass is 16.3. The fraction of sp³-hybridized carbons (Fsp3) is 0. The number of para-hydroxylation sites is 1. The van der Waals surface area contributed by atoms with Gasteiger partial charge in [-0.25, -0.2) is 4.98 Å². The van der Waals surface area contributed by atoms with E-state index in [4.69, 9.17) is 4.42 Å². The van der Waals surface area contributed by atoms with Gasteiger partial charge in [-0.15, -0.1) is 0 Å². The standard InChI is InChI=1S/C33H20N2O/c1-2-10-22-21(9-1)23-11-3-5-13-25(23)29-19-35(20-30(29)26-14-6-4-12-24(22)26)31-17-7-15-27-28-16-8-18-34-33(28)36-32(27)31/h1-20H. The highest BCUT2D eigenvalue weighted by molar-refractivity contribution is 6.07. The molecule has 0 aliphatic heterocycles. The van der Waals surface area contributed by atoms with E-state index >= 15 is 0 Å². The molecule has 0 spiro atoms. The average molecular weight is 461 g/mol. The largest absolute Gasteiger partial charge is 0.435 e. The van der Waals surface area contributed by atoms with Crippen LogP contribution in [-0.2, 0) is 0 Å². The number of fused-ring (bicyclic) bond motifs is 11. The summed E-state index contributed by atoms with van der Waals surface area (Å²) in [7, 11) is 0. The number of aromatic nitrogens is 2. The second kappa shape index (κ2) is 7.30. The molecule has 168 valence electrons. The Morgan fingerprint density at radius 3 is 1.53 bits per heavy atom. The van der Waals surface area contributed by atoms with E-state index in [9.17, 15) is 0 Å². The SMILES string of the molecule is c1ccc2c(c1)-c1ccccc1-c1cn(-c3cccc4c3oc3ncccc34)cc1-c1ccccc1-2. The lowest BCUT2D eigenvalue weighted by Crippen LogP contribution is -1.94. The molecule has 3 nitrogen and oxygen atoms in total. The summed E-state index contributed by atoms with van der Waals surface area (Å²) in [6.45, 7) is 0. The number of nitrogens with zero attached hydrogens (tertiary/aromatic N) is 2. The Bertz CT molecular complexity index is 1870. The minimum atomic E-state index is 0.664. The maximum absolute atomic E-state index is 6.28. The molecule has 0 bridgehead atoms. The van der Waals surface area contributed by atoms with E-state index in [0.29, 0.717) is 5.71 Å². The first-order chi connectivity index (χ1) is 17.9. The predicted octanol–water partition coefficient (Wildman–Crippen LogP) is 8.75. The van der Waals surface area contributed by atoms with Crippen LogP contribution in [0, 0.1) is 0 Å². The minimum absolute atomic E-state index is 0.664. The fourth-order valence-corrected chi connectivity index (χ4v) is 5.70. The summed E-state index contributed by atoms with van der Waals surface area (Å²) in [5, 5.41) is 2.11. The molecule has 1 aliphatic carbocycles. The molecular formula is C33H20N2O. The lowest BCUT2D eigenvalue weighted by atomic mass is 9.82. The molecule has 7 aromatic rings. The fourth-order valence-electron chi connectivity index (χ4n) is 5.70. The van der Waals surface area contributed by atoms with Gasteiger partial charge in [0.25, 0.3) is 0 Å². The third kappa shape index (κ3) is 2.65. The molecule has 0 saturated carbocycles. The number of hydrogen-bond acceptors (Lipinski definition) is 2. The molecule has 0 fully saturated rings. The number of hydrogen-bond donors (Lipinski definition) is 0. The van der Waals surface area contributed by atoms with E-state index in [-0.39, 0.29) is 0 Å². The smallest absolute Gasteiger partial charge is 0.227 e. The van der Waals surface area contributed by atoms with Crippen LogP contribution in [0.1, 0.15) is 0 Å². The number of furan rings is 1. The minimum Gasteiger partial charge on any atom is -0.435 e. The van der Waals surface area contributed by atoms with Gasteiger partial charge in [-0.3, -0.25) is 0 Å². The van der Waals surface area contributed by atoms with Crippen LogP contribution >= 0.6 is 0 Å². The van der Waals surface area contributed by atoms with Gasteiger partial charge in [0.05, 0.1) is 5.69 Å². The summed E-state index contributed by atoms with van der Waals surface area (Å²) < 4.78 is 8.48. The molecule has 0 amide bonds. The predicted molar refractivity (Wildman–Crippen MR) is 146 cm³/mol. The van der Waals surface area contributed by atoms with Crippen LogP contribution in [0.15, 0.2) is 126 Å². The van der Waals surface area contributed by atoms with E-state index in [1.54, 1.807) is 6.20 Å². The number of rotatable bonds is 1. The van der Waals surface area contributed by atoms with Crippen LogP contribution in [-0.4, -0.2) is 9.55 Å². The average Bonchev–Trinajstić information content (AvgIpc) is 3.54. The molecule has 3 heteroatoms. The van der Waals surface area contributed by atoms with E-state index in [0.717, 1.165) is 22.0 Å². The van der Waals surface area contributed by atoms with Crippen molar-refractivity contribution >= 4 is 22.1 Å². The molecule has 0 N–H and O–H groups in total. The Kier molecular flexibility index (Phi) is 3.94. The van der Waals surface area contributed by atoms with Crippen molar-refractivity contribution in [1.29, 1.82) is 0 Å². The van der Waals surface area contributed by atoms with Crippen LogP contribution < -0.4 is 0 Å². The van der Waals surface area contributed by atoms with Gasteiger partial charge < -0.3 is 8.98 Å². The normalized spacial score (nSPS) is 11.9. The van der Waals surface area contributed by atoms with Crippen molar-refractivity contribution < 1.29 is 4.42 Å². The summed E-state index contributed by atoms with van der Waals surface area (Å²) in [5.74, 6) is 0. The quantitative estimate of drug-likeness (QED) is 0.245. The van der Waals surface area contributed by atoms with Crippen LogP contribution in [0.2, 0.25) is 0 Å². The second-order valence-corrected chi connectivity index (χ2v) is 9.24. The first kappa shape index (κ1) is 19.4. The molecule has 3 aromatic heterocycles. The molecule has 3 heterocycles. The molecule has 36 heavy (non-hydrogen) atoms. The van der Waals surface area contributed by atoms with Crippen LogP contribution in [0.25, 0.3) is 72.3 Å². The molecule has 0 atom stereocenters. The lowest BCUT2D eigenvalue weighted by Gasteiger charge is -2.20. The molecular weight excluding hydrogens is 440 g/mol. The van der Waals surface area contributed by atoms with Crippen molar-refractivity contribution in [2.45, 2.75) is 0 Å². The van der Waals surface area contributed by atoms with Crippen molar-refractivity contribution in [3.05, 3.63) is 122 Å². The monoisotopic (exact) mass is 460 g/mol. The topological polar surface area (TPSA) is 31.0 Å². The summed E-state index contributed by atoms with van der Waals surface area (Å²) >= 11 is 0. The Balaban J connectivity index is 1.47. The molecule has 4 aromatic carbocycles. The summed E-state index contributed by atoms with van der Waals surface area (Å²) in [6.07, 6.45) is 6.26. The molecule has 1 aliphatic rings. The molecule has 0 radical (unpaired) electrons. The third-order valence-electron chi connectivity index (χ3n) is 7.30. The van der Waals surface area contributed by atoms with Crippen molar-refractivity contribution in [1.82, 2.24) is 9.55 Å². The van der Waals surface area contributed by atoms with Crippen LogP contribution in [0.5, 0.6) is 0 Å². The highest BCUT2D eigenvalue weighted by Gasteiger charge is 2.23. The Labute approximate surface area is 207 Å². The van der Waals surface area contributed by atoms with Crippen molar-refractivity contribution in [3.63, 3.8) is 0 Å². The van der Waals surface area contributed by atoms with Gasteiger partial charge in [-0.05, 0) is 51.6 Å². The van der Waals surface area contributed by atoms with E-state index in [2.05, 4.69) is 119 Å². The maximum Gasteiger partial charge on any atom is 0.227 e. The van der Waals surface area contributed by atoms with Gasteiger partial charge in [-0.2, -0.15) is 0 Å². The molecule has 0 saturated heterocycles. The maximum atomic E-state index is 6.28. The lowest BCUT2D eigenvalue weighted by molar-refractivity contribution is 0.651. The van der Waals surface area contributed by atoms with Gasteiger partial charge in [0, 0.05) is 40.5 Å².